The van der Waals surface area contributed by atoms with E-state index in [9.17, 15) is 4.79 Å². The Bertz CT molecular complexity index is 1130. The Kier molecular flexibility index (Phi) is 5.73. The maximum Gasteiger partial charge on any atom is 0.262 e. The molecule has 0 radical (unpaired) electrons. The second kappa shape index (κ2) is 8.60. The summed E-state index contributed by atoms with van der Waals surface area (Å²) in [5, 5.41) is 0.636. The molecule has 3 nitrogen and oxygen atoms in total. The van der Waals surface area contributed by atoms with Crippen LogP contribution in [-0.2, 0) is 4.79 Å². The first-order valence-electron chi connectivity index (χ1n) is 9.89. The van der Waals surface area contributed by atoms with E-state index in [-0.39, 0.29) is 5.91 Å². The number of anilines is 1. The number of aryl methyl sites for hydroxylation is 1. The van der Waals surface area contributed by atoms with Gasteiger partial charge in [0.25, 0.3) is 5.91 Å². The van der Waals surface area contributed by atoms with E-state index >= 15 is 0 Å². The monoisotopic (exact) mass is 415 g/mol. The number of halogens is 1. The Balaban J connectivity index is 1.76. The number of carbonyl (C=O) groups excluding carboxylic acids is 1. The summed E-state index contributed by atoms with van der Waals surface area (Å²) in [7, 11) is 0. The summed E-state index contributed by atoms with van der Waals surface area (Å²) in [6, 6.07) is 23.3. The number of nitrogens with zero attached hydrogens (tertiary/aromatic N) is 1. The van der Waals surface area contributed by atoms with E-state index in [1.165, 1.54) is 0 Å². The number of hydrogen-bond donors (Lipinski definition) is 0. The molecule has 1 amide bonds. The molecule has 150 valence electrons. The van der Waals surface area contributed by atoms with Gasteiger partial charge >= 0.3 is 0 Å². The van der Waals surface area contributed by atoms with Gasteiger partial charge in [-0.3, -0.25) is 9.69 Å². The second-order valence-corrected chi connectivity index (χ2v) is 7.48. The predicted octanol–water partition coefficient (Wildman–Crippen LogP) is 6.52. The lowest BCUT2D eigenvalue weighted by Crippen LogP contribution is -2.25. The largest absolute Gasteiger partial charge is 0.494 e. The quantitative estimate of drug-likeness (QED) is 0.444. The van der Waals surface area contributed by atoms with Crippen molar-refractivity contribution in [3.05, 3.63) is 106 Å². The van der Waals surface area contributed by atoms with E-state index in [1.807, 2.05) is 98.8 Å². The van der Waals surface area contributed by atoms with Crippen LogP contribution < -0.4 is 9.64 Å². The molecule has 0 aliphatic carbocycles. The van der Waals surface area contributed by atoms with Crippen LogP contribution in [0.15, 0.2) is 84.4 Å². The minimum absolute atomic E-state index is 0.0809. The summed E-state index contributed by atoms with van der Waals surface area (Å²) < 4.78 is 5.50. The van der Waals surface area contributed by atoms with E-state index < -0.39 is 0 Å². The molecule has 0 fully saturated rings. The Morgan fingerprint density at radius 3 is 2.40 bits per heavy atom. The van der Waals surface area contributed by atoms with E-state index in [0.29, 0.717) is 17.2 Å². The normalized spacial score (nSPS) is 14.9. The SMILES string of the molecule is CCOc1ccc(/C=C2\C=C(c3ccccc3)N(c3ccc(C)c(Cl)c3)C2=O)cc1. The van der Waals surface area contributed by atoms with Gasteiger partial charge in [0.2, 0.25) is 0 Å². The summed E-state index contributed by atoms with van der Waals surface area (Å²) in [6.45, 7) is 4.52. The first kappa shape index (κ1) is 20.0. The molecule has 3 aromatic rings. The number of ether oxygens (including phenoxy) is 1. The molecule has 0 bridgehead atoms. The van der Waals surface area contributed by atoms with Crippen LogP contribution in [0.1, 0.15) is 23.6 Å². The lowest BCUT2D eigenvalue weighted by Gasteiger charge is -2.21. The van der Waals surface area contributed by atoms with Crippen molar-refractivity contribution in [2.45, 2.75) is 13.8 Å². The molecule has 0 aromatic heterocycles. The average molecular weight is 416 g/mol. The highest BCUT2D eigenvalue weighted by atomic mass is 35.5. The Hall–Kier alpha value is -3.30. The van der Waals surface area contributed by atoms with Crippen LogP contribution in [0.25, 0.3) is 11.8 Å². The third-order valence-corrected chi connectivity index (χ3v) is 5.39. The molecule has 0 saturated heterocycles. The minimum atomic E-state index is -0.0809. The topological polar surface area (TPSA) is 29.5 Å². The lowest BCUT2D eigenvalue weighted by atomic mass is 10.1. The Labute approximate surface area is 181 Å². The minimum Gasteiger partial charge on any atom is -0.494 e. The maximum atomic E-state index is 13.4. The van der Waals surface area contributed by atoms with Gasteiger partial charge in [-0.1, -0.05) is 60.1 Å². The zero-order valence-corrected chi connectivity index (χ0v) is 17.7. The molecule has 1 heterocycles. The van der Waals surface area contributed by atoms with Crippen molar-refractivity contribution in [3.8, 4) is 5.75 Å². The summed E-state index contributed by atoms with van der Waals surface area (Å²) in [5.74, 6) is 0.733. The Morgan fingerprint density at radius 1 is 1.00 bits per heavy atom. The molecular weight excluding hydrogens is 394 g/mol. The number of carbonyl (C=O) groups is 1. The van der Waals surface area contributed by atoms with Crippen LogP contribution in [-0.4, -0.2) is 12.5 Å². The van der Waals surface area contributed by atoms with Gasteiger partial charge in [-0.25, -0.2) is 0 Å². The van der Waals surface area contributed by atoms with Crippen molar-refractivity contribution in [2.75, 3.05) is 11.5 Å². The molecule has 0 saturated carbocycles. The number of hydrogen-bond acceptors (Lipinski definition) is 2. The van der Waals surface area contributed by atoms with Gasteiger partial charge in [0.15, 0.2) is 0 Å². The summed E-state index contributed by atoms with van der Waals surface area (Å²) in [4.78, 5) is 15.1. The first-order valence-corrected chi connectivity index (χ1v) is 10.3. The van der Waals surface area contributed by atoms with Crippen molar-refractivity contribution in [1.82, 2.24) is 0 Å². The van der Waals surface area contributed by atoms with E-state index in [4.69, 9.17) is 16.3 Å². The number of amides is 1. The van der Waals surface area contributed by atoms with Crippen molar-refractivity contribution < 1.29 is 9.53 Å². The zero-order valence-electron chi connectivity index (χ0n) is 16.9. The summed E-state index contributed by atoms with van der Waals surface area (Å²) in [5.41, 5.74) is 5.09. The molecule has 0 spiro atoms. The van der Waals surface area contributed by atoms with Gasteiger partial charge in [-0.15, -0.1) is 0 Å². The van der Waals surface area contributed by atoms with Crippen LogP contribution in [0.4, 0.5) is 5.69 Å². The van der Waals surface area contributed by atoms with Crippen molar-refractivity contribution >= 4 is 35.0 Å². The highest BCUT2D eigenvalue weighted by molar-refractivity contribution is 6.32. The van der Waals surface area contributed by atoms with Gasteiger partial charge in [0.05, 0.1) is 18.0 Å². The highest BCUT2D eigenvalue weighted by Gasteiger charge is 2.30. The molecule has 30 heavy (non-hydrogen) atoms. The molecule has 1 aliphatic rings. The molecule has 0 N–H and O–H groups in total. The van der Waals surface area contributed by atoms with E-state index in [2.05, 4.69) is 0 Å². The van der Waals surface area contributed by atoms with Crippen LogP contribution in [0.2, 0.25) is 5.02 Å². The standard InChI is InChI=1S/C26H22ClNO2/c1-3-30-23-13-10-19(11-14-23)15-21-16-25(20-7-5-4-6-8-20)28(26(21)29)22-12-9-18(2)24(27)17-22/h4-17H,3H2,1-2H3/b21-15+. The molecule has 4 rings (SSSR count). The van der Waals surface area contributed by atoms with E-state index in [1.54, 1.807) is 4.90 Å². The smallest absolute Gasteiger partial charge is 0.262 e. The molecule has 0 atom stereocenters. The van der Waals surface area contributed by atoms with Crippen LogP contribution in [0.5, 0.6) is 5.75 Å². The molecule has 0 unspecified atom stereocenters. The highest BCUT2D eigenvalue weighted by Crippen LogP contribution is 2.36. The average Bonchev–Trinajstić information content (AvgIpc) is 3.08. The van der Waals surface area contributed by atoms with Gasteiger partial charge in [-0.05, 0) is 67.0 Å². The molecular formula is C26H22ClNO2. The van der Waals surface area contributed by atoms with Gasteiger partial charge < -0.3 is 4.74 Å². The van der Waals surface area contributed by atoms with Crippen molar-refractivity contribution in [1.29, 1.82) is 0 Å². The fourth-order valence-electron chi connectivity index (χ4n) is 3.42. The van der Waals surface area contributed by atoms with Crippen LogP contribution in [0, 0.1) is 6.92 Å². The van der Waals surface area contributed by atoms with Crippen LogP contribution in [0.3, 0.4) is 0 Å². The van der Waals surface area contributed by atoms with Gasteiger partial charge in [0.1, 0.15) is 5.75 Å². The summed E-state index contributed by atoms with van der Waals surface area (Å²) in [6.07, 6.45) is 3.83. The first-order chi connectivity index (χ1) is 14.6. The molecule has 4 heteroatoms. The van der Waals surface area contributed by atoms with Crippen molar-refractivity contribution in [3.63, 3.8) is 0 Å². The predicted molar refractivity (Wildman–Crippen MR) is 124 cm³/mol. The van der Waals surface area contributed by atoms with Crippen molar-refractivity contribution in [2.24, 2.45) is 0 Å². The van der Waals surface area contributed by atoms with Gasteiger partial charge in [0, 0.05) is 10.6 Å². The van der Waals surface area contributed by atoms with Gasteiger partial charge in [-0.2, -0.15) is 0 Å². The summed E-state index contributed by atoms with van der Waals surface area (Å²) >= 11 is 6.36. The second-order valence-electron chi connectivity index (χ2n) is 7.07. The van der Waals surface area contributed by atoms with Crippen LogP contribution >= 0.6 is 11.6 Å². The fraction of sp³-hybridized carbons (Fsp3) is 0.115. The maximum absolute atomic E-state index is 13.4. The number of benzene rings is 3. The lowest BCUT2D eigenvalue weighted by molar-refractivity contribution is -0.113. The Morgan fingerprint density at radius 2 is 1.73 bits per heavy atom. The third-order valence-electron chi connectivity index (χ3n) is 4.98. The number of rotatable bonds is 5. The fourth-order valence-corrected chi connectivity index (χ4v) is 3.60. The molecule has 1 aliphatic heterocycles. The van der Waals surface area contributed by atoms with E-state index in [0.717, 1.165) is 33.8 Å². The zero-order chi connectivity index (χ0) is 21.1. The third kappa shape index (κ3) is 4.03. The molecule has 3 aromatic carbocycles.